The van der Waals surface area contributed by atoms with Crippen LogP contribution in [-0.2, 0) is 4.79 Å². The van der Waals surface area contributed by atoms with Gasteiger partial charge in [0, 0.05) is 17.6 Å². The summed E-state index contributed by atoms with van der Waals surface area (Å²) in [5, 5.41) is 14.0. The molecule has 1 heterocycles. The molecule has 0 spiro atoms. The highest BCUT2D eigenvalue weighted by Gasteiger charge is 2.35. The number of amides is 1. The van der Waals surface area contributed by atoms with Crippen molar-refractivity contribution >= 4 is 23.2 Å². The average Bonchev–Trinajstić information content (AvgIpc) is 3.06. The van der Waals surface area contributed by atoms with Gasteiger partial charge in [-0.1, -0.05) is 37.3 Å². The number of nitrogens with zero attached hydrogens (tertiary/aromatic N) is 1. The lowest BCUT2D eigenvalue weighted by molar-refractivity contribution is -0.139. The molecule has 5 nitrogen and oxygen atoms in total. The summed E-state index contributed by atoms with van der Waals surface area (Å²) < 4.78 is 0. The molecule has 0 radical (unpaired) electrons. The molecular formula is C19H22N2O3S. The lowest BCUT2D eigenvalue weighted by Crippen LogP contribution is -2.54. The zero-order valence-electron chi connectivity index (χ0n) is 14.1. The van der Waals surface area contributed by atoms with E-state index in [1.54, 1.807) is 0 Å². The topological polar surface area (TPSA) is 69.6 Å². The van der Waals surface area contributed by atoms with E-state index in [0.29, 0.717) is 6.54 Å². The molecule has 25 heavy (non-hydrogen) atoms. The van der Waals surface area contributed by atoms with Crippen molar-refractivity contribution in [2.45, 2.75) is 31.8 Å². The second kappa shape index (κ2) is 7.80. The Morgan fingerprint density at radius 3 is 2.60 bits per heavy atom. The highest BCUT2D eigenvalue weighted by molar-refractivity contribution is 7.12. The largest absolute Gasteiger partial charge is 0.480 e. The molecule has 0 saturated heterocycles. The number of carboxylic acids is 1. The van der Waals surface area contributed by atoms with Gasteiger partial charge in [0.15, 0.2) is 0 Å². The summed E-state index contributed by atoms with van der Waals surface area (Å²) in [6.45, 7) is 2.73. The molecule has 132 valence electrons. The number of benzene rings is 1. The molecule has 1 fully saturated rings. The molecule has 0 unspecified atom stereocenters. The van der Waals surface area contributed by atoms with Crippen LogP contribution in [0.3, 0.4) is 0 Å². The minimum Gasteiger partial charge on any atom is -0.480 e. The third kappa shape index (κ3) is 4.08. The SMILES string of the molecule is CCN(CC(=O)O)C1CC(NC(=O)c2sccc2-c2ccccc2)C1. The summed E-state index contributed by atoms with van der Waals surface area (Å²) in [6.07, 6.45) is 1.61. The number of carbonyl (C=O) groups excluding carboxylic acids is 1. The Morgan fingerprint density at radius 2 is 1.96 bits per heavy atom. The fraction of sp³-hybridized carbons (Fsp3) is 0.368. The molecule has 1 saturated carbocycles. The van der Waals surface area contributed by atoms with Gasteiger partial charge in [0.05, 0.1) is 11.4 Å². The second-order valence-electron chi connectivity index (χ2n) is 6.28. The van der Waals surface area contributed by atoms with E-state index in [-0.39, 0.29) is 24.5 Å². The van der Waals surface area contributed by atoms with E-state index in [9.17, 15) is 9.59 Å². The zero-order chi connectivity index (χ0) is 17.8. The number of hydrogen-bond donors (Lipinski definition) is 2. The van der Waals surface area contributed by atoms with Gasteiger partial charge >= 0.3 is 5.97 Å². The Morgan fingerprint density at radius 1 is 1.24 bits per heavy atom. The van der Waals surface area contributed by atoms with Crippen LogP contribution in [0.5, 0.6) is 0 Å². The number of thiophene rings is 1. The third-order valence-corrected chi connectivity index (χ3v) is 5.58. The highest BCUT2D eigenvalue weighted by Crippen LogP contribution is 2.30. The van der Waals surface area contributed by atoms with Crippen molar-refractivity contribution in [3.8, 4) is 11.1 Å². The molecule has 1 aliphatic carbocycles. The smallest absolute Gasteiger partial charge is 0.317 e. The number of carboxylic acid groups (broad SMARTS) is 1. The maximum absolute atomic E-state index is 12.6. The fourth-order valence-electron chi connectivity index (χ4n) is 3.26. The van der Waals surface area contributed by atoms with Gasteiger partial charge < -0.3 is 10.4 Å². The zero-order valence-corrected chi connectivity index (χ0v) is 15.0. The van der Waals surface area contributed by atoms with Crippen molar-refractivity contribution in [2.24, 2.45) is 0 Å². The van der Waals surface area contributed by atoms with Crippen LogP contribution in [0.1, 0.15) is 29.4 Å². The number of hydrogen-bond acceptors (Lipinski definition) is 4. The number of aliphatic carboxylic acids is 1. The predicted molar refractivity (Wildman–Crippen MR) is 98.9 cm³/mol. The lowest BCUT2D eigenvalue weighted by atomic mass is 9.85. The quantitative estimate of drug-likeness (QED) is 0.798. The Balaban J connectivity index is 1.58. The number of carbonyl (C=O) groups is 2. The molecule has 6 heteroatoms. The van der Waals surface area contributed by atoms with Gasteiger partial charge in [0.1, 0.15) is 0 Å². The normalized spacial score (nSPS) is 19.4. The minimum atomic E-state index is -0.805. The van der Waals surface area contributed by atoms with Crippen molar-refractivity contribution in [3.05, 3.63) is 46.7 Å². The van der Waals surface area contributed by atoms with Gasteiger partial charge in [-0.3, -0.25) is 14.5 Å². The second-order valence-corrected chi connectivity index (χ2v) is 7.20. The molecule has 0 atom stereocenters. The van der Waals surface area contributed by atoms with E-state index in [2.05, 4.69) is 5.32 Å². The molecule has 2 aromatic rings. The third-order valence-electron chi connectivity index (χ3n) is 4.67. The average molecular weight is 358 g/mol. The van der Waals surface area contributed by atoms with Crippen LogP contribution in [0.15, 0.2) is 41.8 Å². The van der Waals surface area contributed by atoms with Gasteiger partial charge in [-0.25, -0.2) is 0 Å². The molecule has 1 amide bonds. The van der Waals surface area contributed by atoms with Crippen LogP contribution < -0.4 is 5.32 Å². The van der Waals surface area contributed by atoms with Crippen LogP contribution in [0.2, 0.25) is 0 Å². The van der Waals surface area contributed by atoms with Crippen LogP contribution in [0.4, 0.5) is 0 Å². The number of likely N-dealkylation sites (N-methyl/N-ethyl adjacent to an activating group) is 1. The minimum absolute atomic E-state index is 0.0430. The van der Waals surface area contributed by atoms with Crippen molar-refractivity contribution in [2.75, 3.05) is 13.1 Å². The van der Waals surface area contributed by atoms with Crippen molar-refractivity contribution < 1.29 is 14.7 Å². The first-order chi connectivity index (χ1) is 12.1. The van der Waals surface area contributed by atoms with Crippen molar-refractivity contribution in [1.29, 1.82) is 0 Å². The highest BCUT2D eigenvalue weighted by atomic mass is 32.1. The van der Waals surface area contributed by atoms with Gasteiger partial charge in [-0.15, -0.1) is 11.3 Å². The van der Waals surface area contributed by atoms with Gasteiger partial charge in [0.25, 0.3) is 5.91 Å². The summed E-state index contributed by atoms with van der Waals surface area (Å²) in [5.41, 5.74) is 2.00. The summed E-state index contributed by atoms with van der Waals surface area (Å²) in [7, 11) is 0. The first-order valence-corrected chi connectivity index (χ1v) is 9.36. The van der Waals surface area contributed by atoms with E-state index in [1.165, 1.54) is 11.3 Å². The van der Waals surface area contributed by atoms with Crippen LogP contribution >= 0.6 is 11.3 Å². The summed E-state index contributed by atoms with van der Waals surface area (Å²) in [6, 6.07) is 12.2. The Hall–Kier alpha value is -2.18. The number of nitrogens with one attached hydrogen (secondary N) is 1. The van der Waals surface area contributed by atoms with E-state index < -0.39 is 5.97 Å². The van der Waals surface area contributed by atoms with E-state index in [4.69, 9.17) is 5.11 Å². The molecule has 3 rings (SSSR count). The summed E-state index contributed by atoms with van der Waals surface area (Å²) in [5.74, 6) is -0.848. The standard InChI is InChI=1S/C19H22N2O3S/c1-2-21(12-17(22)23)15-10-14(11-15)20-19(24)18-16(8-9-25-18)13-6-4-3-5-7-13/h3-9,14-15H,2,10-12H2,1H3,(H,20,24)(H,22,23). The van der Waals surface area contributed by atoms with E-state index in [0.717, 1.165) is 28.8 Å². The maximum Gasteiger partial charge on any atom is 0.317 e. The molecular weight excluding hydrogens is 336 g/mol. The molecule has 1 aromatic carbocycles. The van der Waals surface area contributed by atoms with Gasteiger partial charge in [0.2, 0.25) is 0 Å². The monoisotopic (exact) mass is 358 g/mol. The van der Waals surface area contributed by atoms with Gasteiger partial charge in [-0.2, -0.15) is 0 Å². The fourth-order valence-corrected chi connectivity index (χ4v) is 4.08. The van der Waals surface area contributed by atoms with Crippen LogP contribution in [-0.4, -0.2) is 47.1 Å². The van der Waals surface area contributed by atoms with Crippen molar-refractivity contribution in [3.63, 3.8) is 0 Å². The molecule has 0 bridgehead atoms. The molecule has 1 aromatic heterocycles. The maximum atomic E-state index is 12.6. The number of rotatable bonds is 7. The predicted octanol–water partition coefficient (Wildman–Crippen LogP) is 3.08. The summed E-state index contributed by atoms with van der Waals surface area (Å²) in [4.78, 5) is 26.2. The molecule has 1 aliphatic rings. The molecule has 0 aliphatic heterocycles. The lowest BCUT2D eigenvalue weighted by Gasteiger charge is -2.42. The Bertz CT molecular complexity index is 738. The van der Waals surface area contributed by atoms with Crippen LogP contribution in [0, 0.1) is 0 Å². The van der Waals surface area contributed by atoms with E-state index >= 15 is 0 Å². The molecule has 2 N–H and O–H groups in total. The first-order valence-electron chi connectivity index (χ1n) is 8.48. The summed E-state index contributed by atoms with van der Waals surface area (Å²) >= 11 is 1.45. The Kier molecular flexibility index (Phi) is 5.50. The first kappa shape index (κ1) is 17.6. The van der Waals surface area contributed by atoms with Crippen LogP contribution in [0.25, 0.3) is 11.1 Å². The van der Waals surface area contributed by atoms with Gasteiger partial charge in [-0.05, 0) is 36.4 Å². The Labute approximate surface area is 151 Å². The van der Waals surface area contributed by atoms with Crippen molar-refractivity contribution in [1.82, 2.24) is 10.2 Å². The van der Waals surface area contributed by atoms with E-state index in [1.807, 2.05) is 53.6 Å².